The van der Waals surface area contributed by atoms with Crippen LogP contribution in [0, 0.1) is 0 Å². The predicted octanol–water partition coefficient (Wildman–Crippen LogP) is 4.09. The molecule has 2 nitrogen and oxygen atoms in total. The van der Waals surface area contributed by atoms with E-state index in [1.165, 1.54) is 17.7 Å². The second-order valence-electron chi connectivity index (χ2n) is 4.88. The molecule has 1 aliphatic rings. The standard InChI is InChI=1S/C15H20ClNOS/c1-19-13-8-6-12(7-9-13)14(16)15(18)17-10-4-2-3-5-11-17/h6-9,14H,2-5,10-11H2,1H3. The maximum Gasteiger partial charge on any atom is 0.245 e. The molecule has 1 amide bonds. The molecule has 1 aromatic carbocycles. The van der Waals surface area contributed by atoms with E-state index in [-0.39, 0.29) is 5.91 Å². The Morgan fingerprint density at radius 1 is 1.16 bits per heavy atom. The molecule has 0 bridgehead atoms. The maximum atomic E-state index is 12.4. The molecule has 1 aliphatic heterocycles. The van der Waals surface area contributed by atoms with Gasteiger partial charge in [0.25, 0.3) is 0 Å². The lowest BCUT2D eigenvalue weighted by atomic mass is 10.1. The lowest BCUT2D eigenvalue weighted by molar-refractivity contribution is -0.130. The number of amides is 1. The van der Waals surface area contributed by atoms with Crippen LogP contribution in [-0.2, 0) is 4.79 Å². The van der Waals surface area contributed by atoms with Crippen LogP contribution >= 0.6 is 23.4 Å². The first-order valence-corrected chi connectivity index (χ1v) is 8.45. The summed E-state index contributed by atoms with van der Waals surface area (Å²) in [4.78, 5) is 15.5. The molecule has 104 valence electrons. The smallest absolute Gasteiger partial charge is 0.245 e. The third-order valence-electron chi connectivity index (χ3n) is 3.54. The minimum atomic E-state index is -0.547. The van der Waals surface area contributed by atoms with Crippen LogP contribution in [0.1, 0.15) is 36.6 Å². The van der Waals surface area contributed by atoms with Crippen LogP contribution in [0.15, 0.2) is 29.2 Å². The third-order valence-corrected chi connectivity index (χ3v) is 4.73. The van der Waals surface area contributed by atoms with E-state index >= 15 is 0 Å². The normalized spacial score (nSPS) is 17.9. The van der Waals surface area contributed by atoms with E-state index in [4.69, 9.17) is 11.6 Å². The zero-order valence-electron chi connectivity index (χ0n) is 11.3. The van der Waals surface area contributed by atoms with Gasteiger partial charge in [-0.2, -0.15) is 0 Å². The molecule has 0 aliphatic carbocycles. The van der Waals surface area contributed by atoms with Crippen molar-refractivity contribution in [3.05, 3.63) is 29.8 Å². The van der Waals surface area contributed by atoms with Gasteiger partial charge in [0, 0.05) is 18.0 Å². The Balaban J connectivity index is 2.04. The molecule has 1 saturated heterocycles. The molecule has 0 radical (unpaired) electrons. The Hall–Kier alpha value is -0.670. The van der Waals surface area contributed by atoms with Crippen molar-refractivity contribution >= 4 is 29.3 Å². The fourth-order valence-electron chi connectivity index (χ4n) is 2.37. The van der Waals surface area contributed by atoms with Crippen molar-refractivity contribution in [2.45, 2.75) is 36.0 Å². The van der Waals surface area contributed by atoms with Gasteiger partial charge in [-0.1, -0.05) is 25.0 Å². The number of hydrogen-bond donors (Lipinski definition) is 0. The quantitative estimate of drug-likeness (QED) is 0.618. The van der Waals surface area contributed by atoms with Crippen LogP contribution < -0.4 is 0 Å². The SMILES string of the molecule is CSc1ccc(C(Cl)C(=O)N2CCCCCC2)cc1. The van der Waals surface area contributed by atoms with Gasteiger partial charge in [0.1, 0.15) is 5.38 Å². The molecule has 1 aromatic rings. The Bertz CT molecular complexity index is 413. The molecule has 0 spiro atoms. The zero-order chi connectivity index (χ0) is 13.7. The highest BCUT2D eigenvalue weighted by Crippen LogP contribution is 2.26. The first-order valence-electron chi connectivity index (χ1n) is 6.79. The first kappa shape index (κ1) is 14.7. The minimum Gasteiger partial charge on any atom is -0.341 e. The van der Waals surface area contributed by atoms with Gasteiger partial charge in [-0.3, -0.25) is 4.79 Å². The molecule has 0 aromatic heterocycles. The summed E-state index contributed by atoms with van der Waals surface area (Å²) in [6, 6.07) is 7.95. The summed E-state index contributed by atoms with van der Waals surface area (Å²) in [5.41, 5.74) is 0.897. The number of thioether (sulfide) groups is 1. The van der Waals surface area contributed by atoms with Crippen molar-refractivity contribution in [2.24, 2.45) is 0 Å². The van der Waals surface area contributed by atoms with Crippen LogP contribution in [0.3, 0.4) is 0 Å². The molecule has 2 rings (SSSR count). The van der Waals surface area contributed by atoms with Crippen LogP contribution in [0.4, 0.5) is 0 Å². The van der Waals surface area contributed by atoms with Gasteiger partial charge in [0.05, 0.1) is 0 Å². The second-order valence-corrected chi connectivity index (χ2v) is 6.19. The third kappa shape index (κ3) is 3.90. The number of carbonyl (C=O) groups is 1. The average Bonchev–Trinajstić information content (AvgIpc) is 2.75. The summed E-state index contributed by atoms with van der Waals surface area (Å²) >= 11 is 8.03. The van der Waals surface area contributed by atoms with Crippen LogP contribution in [0.5, 0.6) is 0 Å². The Morgan fingerprint density at radius 2 is 1.74 bits per heavy atom. The van der Waals surface area contributed by atoms with Crippen LogP contribution in [0.2, 0.25) is 0 Å². The largest absolute Gasteiger partial charge is 0.341 e. The summed E-state index contributed by atoms with van der Waals surface area (Å²) in [5, 5.41) is -0.547. The van der Waals surface area contributed by atoms with Gasteiger partial charge in [0.15, 0.2) is 0 Å². The topological polar surface area (TPSA) is 20.3 Å². The Kier molecular flexibility index (Phi) is 5.59. The van der Waals surface area contributed by atoms with Gasteiger partial charge < -0.3 is 4.90 Å². The Labute approximate surface area is 124 Å². The fraction of sp³-hybridized carbons (Fsp3) is 0.533. The molecule has 19 heavy (non-hydrogen) atoms. The second kappa shape index (κ2) is 7.20. The summed E-state index contributed by atoms with van der Waals surface area (Å²) in [7, 11) is 0. The lowest BCUT2D eigenvalue weighted by Crippen LogP contribution is -2.34. The van der Waals surface area contributed by atoms with E-state index in [1.54, 1.807) is 11.8 Å². The van der Waals surface area contributed by atoms with Gasteiger partial charge in [-0.25, -0.2) is 0 Å². The summed E-state index contributed by atoms with van der Waals surface area (Å²) in [6.45, 7) is 1.70. The van der Waals surface area contributed by atoms with E-state index < -0.39 is 5.38 Å². The van der Waals surface area contributed by atoms with Crippen molar-refractivity contribution in [3.8, 4) is 0 Å². The highest BCUT2D eigenvalue weighted by atomic mass is 35.5. The predicted molar refractivity (Wildman–Crippen MR) is 81.9 cm³/mol. The first-order chi connectivity index (χ1) is 9.22. The molecule has 4 heteroatoms. The minimum absolute atomic E-state index is 0.0560. The van der Waals surface area contributed by atoms with Crippen LogP contribution in [0.25, 0.3) is 0 Å². The van der Waals surface area contributed by atoms with Crippen molar-refractivity contribution < 1.29 is 4.79 Å². The van der Waals surface area contributed by atoms with E-state index in [1.807, 2.05) is 35.4 Å². The monoisotopic (exact) mass is 297 g/mol. The molecule has 1 unspecified atom stereocenters. The summed E-state index contributed by atoms with van der Waals surface area (Å²) in [5.74, 6) is 0.0560. The van der Waals surface area contributed by atoms with Crippen molar-refractivity contribution in [3.63, 3.8) is 0 Å². The van der Waals surface area contributed by atoms with Gasteiger partial charge in [0.2, 0.25) is 5.91 Å². The number of alkyl halides is 1. The molecular weight excluding hydrogens is 278 g/mol. The van der Waals surface area contributed by atoms with Crippen molar-refractivity contribution in [2.75, 3.05) is 19.3 Å². The highest BCUT2D eigenvalue weighted by Gasteiger charge is 2.24. The van der Waals surface area contributed by atoms with E-state index in [0.29, 0.717) is 0 Å². The number of halogens is 1. The highest BCUT2D eigenvalue weighted by molar-refractivity contribution is 7.98. The molecule has 0 saturated carbocycles. The molecular formula is C15H20ClNOS. The average molecular weight is 298 g/mol. The number of benzene rings is 1. The lowest BCUT2D eigenvalue weighted by Gasteiger charge is -2.23. The maximum absolute atomic E-state index is 12.4. The number of hydrogen-bond acceptors (Lipinski definition) is 2. The van der Waals surface area contributed by atoms with E-state index in [2.05, 4.69) is 0 Å². The van der Waals surface area contributed by atoms with Gasteiger partial charge in [-0.15, -0.1) is 23.4 Å². The fourth-order valence-corrected chi connectivity index (χ4v) is 3.06. The molecule has 1 heterocycles. The number of carbonyl (C=O) groups excluding carboxylic acids is 1. The van der Waals surface area contributed by atoms with Crippen molar-refractivity contribution in [1.29, 1.82) is 0 Å². The van der Waals surface area contributed by atoms with Crippen molar-refractivity contribution in [1.82, 2.24) is 4.90 Å². The molecule has 1 fully saturated rings. The van der Waals surface area contributed by atoms with Gasteiger partial charge >= 0.3 is 0 Å². The number of rotatable bonds is 3. The van der Waals surface area contributed by atoms with E-state index in [0.717, 1.165) is 31.5 Å². The molecule has 0 N–H and O–H groups in total. The number of likely N-dealkylation sites (tertiary alicyclic amines) is 1. The van der Waals surface area contributed by atoms with Gasteiger partial charge in [-0.05, 0) is 36.8 Å². The molecule has 1 atom stereocenters. The Morgan fingerprint density at radius 3 is 2.26 bits per heavy atom. The summed E-state index contributed by atoms with van der Waals surface area (Å²) in [6.07, 6.45) is 6.68. The summed E-state index contributed by atoms with van der Waals surface area (Å²) < 4.78 is 0. The number of nitrogens with zero attached hydrogens (tertiary/aromatic N) is 1. The van der Waals surface area contributed by atoms with Crippen LogP contribution in [-0.4, -0.2) is 30.2 Å². The zero-order valence-corrected chi connectivity index (χ0v) is 12.8. The van der Waals surface area contributed by atoms with E-state index in [9.17, 15) is 4.79 Å².